The fraction of sp³-hybridized carbons (Fsp3) is 0.667. The molecule has 2 rings (SSSR count). The van der Waals surface area contributed by atoms with Crippen LogP contribution in [-0.4, -0.2) is 56.1 Å². The van der Waals surface area contributed by atoms with E-state index in [-0.39, 0.29) is 0 Å². The van der Waals surface area contributed by atoms with Gasteiger partial charge in [0.2, 0.25) is 0 Å². The first-order valence-corrected chi connectivity index (χ1v) is 8.18. The average molecular weight is 289 g/mol. The van der Waals surface area contributed by atoms with Gasteiger partial charge < -0.3 is 10.2 Å². The highest BCUT2D eigenvalue weighted by molar-refractivity contribution is 5.31. The van der Waals surface area contributed by atoms with Crippen LogP contribution in [0.4, 0.5) is 0 Å². The van der Waals surface area contributed by atoms with E-state index in [1.807, 2.05) is 0 Å². The molecule has 0 aromatic heterocycles. The van der Waals surface area contributed by atoms with E-state index in [0.29, 0.717) is 12.1 Å². The van der Waals surface area contributed by atoms with Crippen LogP contribution in [-0.2, 0) is 0 Å². The van der Waals surface area contributed by atoms with Crippen LogP contribution in [0, 0.1) is 13.8 Å². The number of aryl methyl sites for hydroxylation is 2. The van der Waals surface area contributed by atoms with E-state index in [2.05, 4.69) is 68.2 Å². The lowest BCUT2D eigenvalue weighted by Gasteiger charge is -2.31. The largest absolute Gasteiger partial charge is 0.312 e. The molecular weight excluding hydrogens is 258 g/mol. The Morgan fingerprint density at radius 2 is 2.00 bits per heavy atom. The number of rotatable bonds is 4. The number of benzene rings is 1. The summed E-state index contributed by atoms with van der Waals surface area (Å²) in [5, 5.41) is 3.51. The van der Waals surface area contributed by atoms with E-state index < -0.39 is 0 Å². The quantitative estimate of drug-likeness (QED) is 0.919. The van der Waals surface area contributed by atoms with Crippen molar-refractivity contribution in [3.63, 3.8) is 0 Å². The summed E-state index contributed by atoms with van der Waals surface area (Å²) in [4.78, 5) is 5.09. The van der Waals surface area contributed by atoms with Crippen molar-refractivity contribution < 1.29 is 0 Å². The lowest BCUT2D eigenvalue weighted by molar-refractivity contribution is 0.185. The Labute approximate surface area is 130 Å². The van der Waals surface area contributed by atoms with Gasteiger partial charge in [-0.3, -0.25) is 4.90 Å². The van der Waals surface area contributed by atoms with Crippen molar-refractivity contribution in [1.82, 2.24) is 15.1 Å². The first-order valence-electron chi connectivity index (χ1n) is 8.18. The van der Waals surface area contributed by atoms with Gasteiger partial charge in [-0.1, -0.05) is 18.2 Å². The Kier molecular flexibility index (Phi) is 5.80. The van der Waals surface area contributed by atoms with Crippen molar-refractivity contribution >= 4 is 0 Å². The van der Waals surface area contributed by atoms with Gasteiger partial charge in [-0.15, -0.1) is 0 Å². The van der Waals surface area contributed by atoms with Crippen molar-refractivity contribution in [2.75, 3.05) is 40.3 Å². The summed E-state index contributed by atoms with van der Waals surface area (Å²) in [5.74, 6) is 0. The maximum absolute atomic E-state index is 3.51. The first kappa shape index (κ1) is 16.5. The van der Waals surface area contributed by atoms with E-state index >= 15 is 0 Å². The summed E-state index contributed by atoms with van der Waals surface area (Å²) in [7, 11) is 4.31. The summed E-state index contributed by atoms with van der Waals surface area (Å²) in [6, 6.07) is 7.90. The molecule has 118 valence electrons. The molecule has 2 atom stereocenters. The standard InChI is InChI=1S/C18H31N3/c1-14-7-8-17(11-15(14)2)18(19-4)13-21-10-6-9-20(5)12-16(21)3/h7-8,11,16,18-19H,6,9-10,12-13H2,1-5H3. The van der Waals surface area contributed by atoms with Gasteiger partial charge in [0.05, 0.1) is 0 Å². The molecule has 0 spiro atoms. The van der Waals surface area contributed by atoms with E-state index in [9.17, 15) is 0 Å². The molecule has 1 aromatic rings. The number of likely N-dealkylation sites (N-methyl/N-ethyl adjacent to an activating group) is 2. The second kappa shape index (κ2) is 7.39. The fourth-order valence-corrected chi connectivity index (χ4v) is 3.27. The van der Waals surface area contributed by atoms with Gasteiger partial charge in [-0.05, 0) is 71.1 Å². The summed E-state index contributed by atoms with van der Waals surface area (Å²) in [5.41, 5.74) is 4.17. The minimum absolute atomic E-state index is 0.412. The highest BCUT2D eigenvalue weighted by Crippen LogP contribution is 2.20. The van der Waals surface area contributed by atoms with Crippen LogP contribution in [0.2, 0.25) is 0 Å². The lowest BCUT2D eigenvalue weighted by atomic mass is 10.0. The second-order valence-corrected chi connectivity index (χ2v) is 6.64. The molecule has 0 bridgehead atoms. The Morgan fingerprint density at radius 3 is 2.67 bits per heavy atom. The minimum Gasteiger partial charge on any atom is -0.312 e. The molecule has 0 aliphatic carbocycles. The van der Waals surface area contributed by atoms with Gasteiger partial charge in [0.25, 0.3) is 0 Å². The zero-order chi connectivity index (χ0) is 15.4. The van der Waals surface area contributed by atoms with Gasteiger partial charge in [-0.25, -0.2) is 0 Å². The molecule has 0 radical (unpaired) electrons. The number of nitrogens with zero attached hydrogens (tertiary/aromatic N) is 2. The Balaban J connectivity index is 2.08. The Hall–Kier alpha value is -0.900. The summed E-state index contributed by atoms with van der Waals surface area (Å²) in [6.07, 6.45) is 1.27. The molecule has 3 heteroatoms. The predicted octanol–water partition coefficient (Wildman–Crippen LogP) is 2.59. The van der Waals surface area contributed by atoms with Gasteiger partial charge in [-0.2, -0.15) is 0 Å². The van der Waals surface area contributed by atoms with Gasteiger partial charge >= 0.3 is 0 Å². The molecular formula is C18H31N3. The number of hydrogen-bond acceptors (Lipinski definition) is 3. The topological polar surface area (TPSA) is 18.5 Å². The third-order valence-electron chi connectivity index (χ3n) is 4.88. The average Bonchev–Trinajstić information content (AvgIpc) is 2.60. The molecule has 1 saturated heterocycles. The molecule has 0 saturated carbocycles. The number of hydrogen-bond donors (Lipinski definition) is 1. The molecule has 1 fully saturated rings. The van der Waals surface area contributed by atoms with Gasteiger partial charge in [0.1, 0.15) is 0 Å². The second-order valence-electron chi connectivity index (χ2n) is 6.64. The van der Waals surface area contributed by atoms with E-state index in [1.165, 1.54) is 42.7 Å². The molecule has 1 aromatic carbocycles. The summed E-state index contributed by atoms with van der Waals surface area (Å²) >= 11 is 0. The Morgan fingerprint density at radius 1 is 1.24 bits per heavy atom. The van der Waals surface area contributed by atoms with Crippen molar-refractivity contribution in [1.29, 1.82) is 0 Å². The zero-order valence-electron chi connectivity index (χ0n) is 14.3. The summed E-state index contributed by atoms with van der Waals surface area (Å²) in [6.45, 7) is 11.4. The van der Waals surface area contributed by atoms with Crippen LogP contribution in [0.25, 0.3) is 0 Å². The Bertz CT molecular complexity index is 458. The van der Waals surface area contributed by atoms with Crippen molar-refractivity contribution in [3.05, 3.63) is 34.9 Å². The third kappa shape index (κ3) is 4.29. The van der Waals surface area contributed by atoms with E-state index in [4.69, 9.17) is 0 Å². The van der Waals surface area contributed by atoms with Crippen LogP contribution < -0.4 is 5.32 Å². The molecule has 2 unspecified atom stereocenters. The third-order valence-corrected chi connectivity index (χ3v) is 4.88. The lowest BCUT2D eigenvalue weighted by Crippen LogP contribution is -2.42. The zero-order valence-corrected chi connectivity index (χ0v) is 14.3. The smallest absolute Gasteiger partial charge is 0.0447 e. The normalized spacial score (nSPS) is 23.0. The molecule has 1 N–H and O–H groups in total. The fourth-order valence-electron chi connectivity index (χ4n) is 3.27. The monoisotopic (exact) mass is 289 g/mol. The van der Waals surface area contributed by atoms with Gasteiger partial charge in [0.15, 0.2) is 0 Å². The SMILES string of the molecule is CNC(CN1CCCN(C)CC1C)c1ccc(C)c(C)c1. The highest BCUT2D eigenvalue weighted by Gasteiger charge is 2.22. The van der Waals surface area contributed by atoms with E-state index in [1.54, 1.807) is 0 Å². The highest BCUT2D eigenvalue weighted by atomic mass is 15.2. The van der Waals surface area contributed by atoms with Crippen LogP contribution >= 0.6 is 0 Å². The molecule has 21 heavy (non-hydrogen) atoms. The van der Waals surface area contributed by atoms with Crippen molar-refractivity contribution in [3.8, 4) is 0 Å². The maximum Gasteiger partial charge on any atom is 0.0447 e. The van der Waals surface area contributed by atoms with Crippen LogP contribution in [0.1, 0.15) is 36.1 Å². The van der Waals surface area contributed by atoms with Gasteiger partial charge in [0, 0.05) is 25.2 Å². The first-order chi connectivity index (χ1) is 10.0. The minimum atomic E-state index is 0.412. The molecule has 1 heterocycles. The van der Waals surface area contributed by atoms with Crippen LogP contribution in [0.15, 0.2) is 18.2 Å². The molecule has 1 aliphatic rings. The van der Waals surface area contributed by atoms with Crippen LogP contribution in [0.3, 0.4) is 0 Å². The number of nitrogens with one attached hydrogen (secondary N) is 1. The molecule has 0 amide bonds. The molecule has 3 nitrogen and oxygen atoms in total. The maximum atomic E-state index is 3.51. The van der Waals surface area contributed by atoms with Crippen LogP contribution in [0.5, 0.6) is 0 Å². The predicted molar refractivity (Wildman–Crippen MR) is 90.9 cm³/mol. The van der Waals surface area contributed by atoms with Crippen molar-refractivity contribution in [2.45, 2.75) is 39.3 Å². The van der Waals surface area contributed by atoms with Crippen molar-refractivity contribution in [2.24, 2.45) is 0 Å². The summed E-state index contributed by atoms with van der Waals surface area (Å²) < 4.78 is 0. The van der Waals surface area contributed by atoms with E-state index in [0.717, 1.165) is 6.54 Å². The molecule has 1 aliphatic heterocycles.